The Morgan fingerprint density at radius 2 is 2.00 bits per heavy atom. The highest BCUT2D eigenvalue weighted by molar-refractivity contribution is 9.11. The van der Waals surface area contributed by atoms with E-state index < -0.39 is 0 Å². The molecule has 0 aliphatic carbocycles. The number of halogens is 1. The van der Waals surface area contributed by atoms with Crippen LogP contribution >= 0.6 is 15.9 Å². The molecular formula is C15H22BrN. The van der Waals surface area contributed by atoms with Gasteiger partial charge in [0, 0.05) is 17.1 Å². The van der Waals surface area contributed by atoms with Crippen molar-refractivity contribution >= 4 is 15.9 Å². The third-order valence-corrected chi connectivity index (χ3v) is 3.12. The normalized spacial score (nSPS) is 12.4. The van der Waals surface area contributed by atoms with Gasteiger partial charge in [-0.25, -0.2) is 0 Å². The fourth-order valence-corrected chi connectivity index (χ4v) is 2.07. The fraction of sp³-hybridized carbons (Fsp3) is 0.467. The van der Waals surface area contributed by atoms with Crippen molar-refractivity contribution in [1.82, 2.24) is 5.32 Å². The smallest absolute Gasteiger partial charge is 0.0323 e. The Kier molecular flexibility index (Phi) is 7.22. The van der Waals surface area contributed by atoms with Crippen molar-refractivity contribution in [3.05, 3.63) is 47.0 Å². The summed E-state index contributed by atoms with van der Waals surface area (Å²) in [5, 5.41) is 3.55. The molecule has 0 saturated heterocycles. The Morgan fingerprint density at radius 1 is 1.29 bits per heavy atom. The van der Waals surface area contributed by atoms with Crippen molar-refractivity contribution in [3.8, 4) is 0 Å². The summed E-state index contributed by atoms with van der Waals surface area (Å²) in [6, 6.07) is 11.1. The molecule has 0 aliphatic rings. The van der Waals surface area contributed by atoms with Crippen molar-refractivity contribution in [2.45, 2.75) is 38.6 Å². The van der Waals surface area contributed by atoms with Crippen LogP contribution in [-0.2, 0) is 0 Å². The summed E-state index contributed by atoms with van der Waals surface area (Å²) < 4.78 is 1.01. The molecule has 1 nitrogen and oxygen atoms in total. The van der Waals surface area contributed by atoms with Gasteiger partial charge in [-0.1, -0.05) is 79.0 Å². The lowest BCUT2D eigenvalue weighted by Crippen LogP contribution is -2.22. The van der Waals surface area contributed by atoms with Gasteiger partial charge in [-0.3, -0.25) is 0 Å². The highest BCUT2D eigenvalue weighted by Gasteiger charge is 2.09. The molecule has 94 valence electrons. The van der Waals surface area contributed by atoms with E-state index in [1.807, 2.05) is 0 Å². The van der Waals surface area contributed by atoms with Crippen LogP contribution in [0.1, 0.15) is 44.2 Å². The molecule has 0 aromatic heterocycles. The molecule has 1 aromatic carbocycles. The molecule has 0 aliphatic heterocycles. The van der Waals surface area contributed by atoms with E-state index in [4.69, 9.17) is 0 Å². The second-order valence-electron chi connectivity index (χ2n) is 4.36. The minimum absolute atomic E-state index is 0.442. The molecule has 1 atom stereocenters. The summed E-state index contributed by atoms with van der Waals surface area (Å²) in [5.41, 5.74) is 1.37. The lowest BCUT2D eigenvalue weighted by atomic mass is 10.0. The van der Waals surface area contributed by atoms with E-state index in [1.165, 1.54) is 31.2 Å². The van der Waals surface area contributed by atoms with Crippen LogP contribution < -0.4 is 5.32 Å². The first-order valence-corrected chi connectivity index (χ1v) is 7.15. The molecule has 0 bridgehead atoms. The van der Waals surface area contributed by atoms with Crippen molar-refractivity contribution in [2.24, 2.45) is 0 Å². The molecule has 1 N–H and O–H groups in total. The third kappa shape index (κ3) is 6.04. The van der Waals surface area contributed by atoms with Crippen LogP contribution in [0.4, 0.5) is 0 Å². The summed E-state index contributed by atoms with van der Waals surface area (Å²) in [6.07, 6.45) is 5.04. The van der Waals surface area contributed by atoms with E-state index in [9.17, 15) is 0 Å². The van der Waals surface area contributed by atoms with Crippen molar-refractivity contribution in [3.63, 3.8) is 0 Å². The number of unbranched alkanes of at least 4 members (excludes halogenated alkanes) is 2. The molecule has 0 amide bonds. The molecule has 0 fully saturated rings. The first-order chi connectivity index (χ1) is 8.24. The minimum atomic E-state index is 0.442. The maximum atomic E-state index is 3.87. The van der Waals surface area contributed by atoms with Gasteiger partial charge in [0.2, 0.25) is 0 Å². The summed E-state index contributed by atoms with van der Waals surface area (Å²) in [4.78, 5) is 0. The van der Waals surface area contributed by atoms with Crippen LogP contribution in [0.15, 0.2) is 41.4 Å². The van der Waals surface area contributed by atoms with Gasteiger partial charge in [-0.15, -0.1) is 0 Å². The molecular weight excluding hydrogens is 274 g/mol. The standard InChI is InChI=1S/C15H22BrN/c1-3-4-6-11-15(17-12-13(2)16)14-9-7-5-8-10-14/h5,7-10,15,17H,2-4,6,11-12H2,1H3. The number of rotatable bonds is 8. The largest absolute Gasteiger partial charge is 0.305 e. The zero-order valence-electron chi connectivity index (χ0n) is 10.6. The van der Waals surface area contributed by atoms with E-state index >= 15 is 0 Å². The fourth-order valence-electron chi connectivity index (χ4n) is 1.90. The van der Waals surface area contributed by atoms with Gasteiger partial charge in [0.25, 0.3) is 0 Å². The highest BCUT2D eigenvalue weighted by Crippen LogP contribution is 2.20. The van der Waals surface area contributed by atoms with Gasteiger partial charge < -0.3 is 5.32 Å². The van der Waals surface area contributed by atoms with Crippen LogP contribution in [0.25, 0.3) is 0 Å². The van der Waals surface area contributed by atoms with Crippen LogP contribution in [0, 0.1) is 0 Å². The van der Waals surface area contributed by atoms with E-state index in [0.29, 0.717) is 6.04 Å². The summed E-state index contributed by atoms with van der Waals surface area (Å²) in [6.45, 7) is 6.94. The van der Waals surface area contributed by atoms with Crippen LogP contribution in [0.5, 0.6) is 0 Å². The van der Waals surface area contributed by atoms with Crippen LogP contribution in [0.3, 0.4) is 0 Å². The molecule has 0 spiro atoms. The monoisotopic (exact) mass is 295 g/mol. The lowest BCUT2D eigenvalue weighted by Gasteiger charge is -2.19. The van der Waals surface area contributed by atoms with Gasteiger partial charge in [0.15, 0.2) is 0 Å². The Morgan fingerprint density at radius 3 is 2.59 bits per heavy atom. The quantitative estimate of drug-likeness (QED) is 0.679. The van der Waals surface area contributed by atoms with Gasteiger partial charge in [-0.2, -0.15) is 0 Å². The molecule has 0 radical (unpaired) electrons. The number of hydrogen-bond acceptors (Lipinski definition) is 1. The summed E-state index contributed by atoms with van der Waals surface area (Å²) in [7, 11) is 0. The van der Waals surface area contributed by atoms with E-state index in [0.717, 1.165) is 11.0 Å². The first kappa shape index (κ1) is 14.5. The molecule has 17 heavy (non-hydrogen) atoms. The predicted molar refractivity (Wildman–Crippen MR) is 79.4 cm³/mol. The maximum Gasteiger partial charge on any atom is 0.0323 e. The third-order valence-electron chi connectivity index (χ3n) is 2.84. The second-order valence-corrected chi connectivity index (χ2v) is 5.48. The Bertz CT molecular complexity index is 321. The summed E-state index contributed by atoms with van der Waals surface area (Å²) in [5.74, 6) is 0. The first-order valence-electron chi connectivity index (χ1n) is 6.35. The molecule has 2 heteroatoms. The average Bonchev–Trinajstić information content (AvgIpc) is 2.34. The van der Waals surface area contributed by atoms with Crippen molar-refractivity contribution in [2.75, 3.05) is 6.54 Å². The number of benzene rings is 1. The Hall–Kier alpha value is -0.600. The summed E-state index contributed by atoms with van der Waals surface area (Å²) >= 11 is 3.40. The lowest BCUT2D eigenvalue weighted by molar-refractivity contribution is 0.495. The zero-order chi connectivity index (χ0) is 12.5. The number of hydrogen-bond donors (Lipinski definition) is 1. The van der Waals surface area contributed by atoms with E-state index in [-0.39, 0.29) is 0 Å². The Balaban J connectivity index is 2.55. The highest BCUT2D eigenvalue weighted by atomic mass is 79.9. The van der Waals surface area contributed by atoms with Gasteiger partial charge in [-0.05, 0) is 12.0 Å². The number of nitrogens with one attached hydrogen (secondary N) is 1. The van der Waals surface area contributed by atoms with Crippen LogP contribution in [0.2, 0.25) is 0 Å². The second kappa shape index (κ2) is 8.48. The Labute approximate surface area is 113 Å². The van der Waals surface area contributed by atoms with E-state index in [1.54, 1.807) is 0 Å². The predicted octanol–water partition coefficient (Wildman–Crippen LogP) is 4.81. The van der Waals surface area contributed by atoms with E-state index in [2.05, 4.69) is 65.1 Å². The molecule has 1 aromatic rings. The maximum absolute atomic E-state index is 3.87. The zero-order valence-corrected chi connectivity index (χ0v) is 12.2. The van der Waals surface area contributed by atoms with Crippen molar-refractivity contribution in [1.29, 1.82) is 0 Å². The van der Waals surface area contributed by atoms with Crippen molar-refractivity contribution < 1.29 is 0 Å². The average molecular weight is 296 g/mol. The molecule has 0 saturated carbocycles. The molecule has 1 unspecified atom stereocenters. The topological polar surface area (TPSA) is 12.0 Å². The minimum Gasteiger partial charge on any atom is -0.305 e. The molecule has 1 rings (SSSR count). The van der Waals surface area contributed by atoms with Gasteiger partial charge >= 0.3 is 0 Å². The van der Waals surface area contributed by atoms with Gasteiger partial charge in [0.05, 0.1) is 0 Å². The SMILES string of the molecule is C=C(Br)CNC(CCCCC)c1ccccc1. The van der Waals surface area contributed by atoms with Crippen LogP contribution in [-0.4, -0.2) is 6.54 Å². The molecule has 0 heterocycles. The van der Waals surface area contributed by atoms with Gasteiger partial charge in [0.1, 0.15) is 0 Å².